The second-order valence-corrected chi connectivity index (χ2v) is 5.68. The van der Waals surface area contributed by atoms with Crippen LogP contribution in [-0.4, -0.2) is 34.6 Å². The van der Waals surface area contributed by atoms with Gasteiger partial charge in [0.25, 0.3) is 0 Å². The monoisotopic (exact) mass is 260 g/mol. The van der Waals surface area contributed by atoms with Crippen molar-refractivity contribution < 1.29 is 9.90 Å². The molecule has 1 aromatic carbocycles. The van der Waals surface area contributed by atoms with Gasteiger partial charge in [0.05, 0.1) is 6.10 Å². The van der Waals surface area contributed by atoms with Gasteiger partial charge in [0, 0.05) is 25.0 Å². The molecule has 4 nitrogen and oxygen atoms in total. The third kappa shape index (κ3) is 2.38. The van der Waals surface area contributed by atoms with E-state index in [1.54, 1.807) is 0 Å². The number of nitrogens with zero attached hydrogens (tertiary/aromatic N) is 1. The van der Waals surface area contributed by atoms with Gasteiger partial charge in [-0.3, -0.25) is 4.79 Å². The number of carbonyl (C=O) groups is 1. The van der Waals surface area contributed by atoms with Crippen LogP contribution in [0.5, 0.6) is 0 Å². The molecule has 1 aromatic rings. The van der Waals surface area contributed by atoms with E-state index in [9.17, 15) is 9.90 Å². The summed E-state index contributed by atoms with van der Waals surface area (Å²) in [5.74, 6) is 0.0526. The van der Waals surface area contributed by atoms with E-state index in [1.165, 1.54) is 11.1 Å². The molecular formula is C15H20N2O2. The normalized spacial score (nSPS) is 30.2. The van der Waals surface area contributed by atoms with Crippen LogP contribution in [0.4, 0.5) is 0 Å². The number of amides is 1. The van der Waals surface area contributed by atoms with E-state index in [0.29, 0.717) is 19.4 Å². The molecule has 0 spiro atoms. The Morgan fingerprint density at radius 2 is 2.00 bits per heavy atom. The maximum atomic E-state index is 12.5. The molecule has 0 saturated heterocycles. The molecule has 3 rings (SSSR count). The highest BCUT2D eigenvalue weighted by molar-refractivity contribution is 5.79. The van der Waals surface area contributed by atoms with Crippen LogP contribution in [-0.2, 0) is 17.8 Å². The SMILES string of the molecule is N[C@H]1C[C@H](C(=O)N2CCc3ccccc3C2)C[C@@H]1O. The van der Waals surface area contributed by atoms with E-state index in [1.807, 2.05) is 17.0 Å². The third-order valence-corrected chi connectivity index (χ3v) is 4.37. The van der Waals surface area contributed by atoms with Gasteiger partial charge < -0.3 is 15.7 Å². The Hall–Kier alpha value is -1.39. The molecule has 0 unspecified atom stereocenters. The lowest BCUT2D eigenvalue weighted by Gasteiger charge is -2.30. The van der Waals surface area contributed by atoms with Gasteiger partial charge >= 0.3 is 0 Å². The van der Waals surface area contributed by atoms with Gasteiger partial charge in [0.2, 0.25) is 5.91 Å². The van der Waals surface area contributed by atoms with Crippen LogP contribution in [0.25, 0.3) is 0 Å². The molecule has 1 heterocycles. The zero-order valence-corrected chi connectivity index (χ0v) is 11.0. The number of hydrogen-bond acceptors (Lipinski definition) is 3. The van der Waals surface area contributed by atoms with E-state index in [0.717, 1.165) is 13.0 Å². The predicted molar refractivity (Wildman–Crippen MR) is 72.3 cm³/mol. The zero-order chi connectivity index (χ0) is 13.4. The first kappa shape index (κ1) is 12.6. The lowest BCUT2D eigenvalue weighted by molar-refractivity contribution is -0.136. The smallest absolute Gasteiger partial charge is 0.226 e. The number of aliphatic hydroxyl groups is 1. The van der Waals surface area contributed by atoms with Crippen molar-refractivity contribution in [2.45, 2.75) is 38.0 Å². The van der Waals surface area contributed by atoms with Gasteiger partial charge in [-0.15, -0.1) is 0 Å². The Kier molecular flexibility index (Phi) is 3.29. The molecule has 4 heteroatoms. The number of aliphatic hydroxyl groups excluding tert-OH is 1. The van der Waals surface area contributed by atoms with Crippen molar-refractivity contribution in [3.63, 3.8) is 0 Å². The lowest BCUT2D eigenvalue weighted by Crippen LogP contribution is -2.39. The summed E-state index contributed by atoms with van der Waals surface area (Å²) in [7, 11) is 0. The topological polar surface area (TPSA) is 66.6 Å². The van der Waals surface area contributed by atoms with Crippen LogP contribution in [0.1, 0.15) is 24.0 Å². The van der Waals surface area contributed by atoms with Crippen LogP contribution in [0.15, 0.2) is 24.3 Å². The van der Waals surface area contributed by atoms with E-state index >= 15 is 0 Å². The first-order valence-electron chi connectivity index (χ1n) is 6.94. The summed E-state index contributed by atoms with van der Waals surface area (Å²) in [6.45, 7) is 1.47. The van der Waals surface area contributed by atoms with Gasteiger partial charge in [-0.1, -0.05) is 24.3 Å². The van der Waals surface area contributed by atoms with E-state index < -0.39 is 6.10 Å². The summed E-state index contributed by atoms with van der Waals surface area (Å²) in [6.07, 6.45) is 1.52. The van der Waals surface area contributed by atoms with Crippen molar-refractivity contribution in [1.82, 2.24) is 4.90 Å². The van der Waals surface area contributed by atoms with E-state index in [2.05, 4.69) is 12.1 Å². The summed E-state index contributed by atoms with van der Waals surface area (Å²) >= 11 is 0. The average Bonchev–Trinajstić information content (AvgIpc) is 2.77. The first-order chi connectivity index (χ1) is 9.15. The van der Waals surface area contributed by atoms with Crippen molar-refractivity contribution in [3.8, 4) is 0 Å². The molecule has 2 aliphatic rings. The van der Waals surface area contributed by atoms with Crippen molar-refractivity contribution in [3.05, 3.63) is 35.4 Å². The Labute approximate surface area is 113 Å². The molecule has 1 amide bonds. The van der Waals surface area contributed by atoms with E-state index in [4.69, 9.17) is 5.73 Å². The molecule has 3 atom stereocenters. The maximum absolute atomic E-state index is 12.5. The second-order valence-electron chi connectivity index (χ2n) is 5.68. The Bertz CT molecular complexity index is 479. The summed E-state index contributed by atoms with van der Waals surface area (Å²) in [5, 5.41) is 9.68. The van der Waals surface area contributed by atoms with Gasteiger partial charge in [-0.05, 0) is 30.4 Å². The minimum atomic E-state index is -0.522. The zero-order valence-electron chi connectivity index (χ0n) is 11.0. The summed E-state index contributed by atoms with van der Waals surface area (Å²) < 4.78 is 0. The molecule has 19 heavy (non-hydrogen) atoms. The fraction of sp³-hybridized carbons (Fsp3) is 0.533. The standard InChI is InChI=1S/C15H20N2O2/c16-13-7-12(8-14(13)18)15(19)17-6-5-10-3-1-2-4-11(10)9-17/h1-4,12-14,18H,5-9,16H2/t12-,13-,14-/m0/s1. The highest BCUT2D eigenvalue weighted by Crippen LogP contribution is 2.28. The van der Waals surface area contributed by atoms with Gasteiger partial charge in [-0.25, -0.2) is 0 Å². The maximum Gasteiger partial charge on any atom is 0.226 e. The minimum absolute atomic E-state index is 0.102. The molecule has 1 saturated carbocycles. The summed E-state index contributed by atoms with van der Waals surface area (Å²) in [4.78, 5) is 14.4. The lowest BCUT2D eigenvalue weighted by atomic mass is 9.98. The molecule has 1 aliphatic heterocycles. The van der Waals surface area contributed by atoms with E-state index in [-0.39, 0.29) is 17.9 Å². The highest BCUT2D eigenvalue weighted by Gasteiger charge is 2.37. The Balaban J connectivity index is 1.70. The molecule has 0 bridgehead atoms. The molecule has 1 fully saturated rings. The van der Waals surface area contributed by atoms with Crippen molar-refractivity contribution in [2.75, 3.05) is 6.54 Å². The van der Waals surface area contributed by atoms with Gasteiger partial charge in [0.15, 0.2) is 0 Å². The molecule has 102 valence electrons. The fourth-order valence-corrected chi connectivity index (χ4v) is 3.19. The van der Waals surface area contributed by atoms with Crippen LogP contribution >= 0.6 is 0 Å². The summed E-state index contributed by atoms with van der Waals surface area (Å²) in [5.41, 5.74) is 8.37. The van der Waals surface area contributed by atoms with Crippen LogP contribution < -0.4 is 5.73 Å². The first-order valence-corrected chi connectivity index (χ1v) is 6.94. The predicted octanol–water partition coefficient (Wildman–Crippen LogP) is 0.669. The minimum Gasteiger partial charge on any atom is -0.391 e. The number of fused-ring (bicyclic) bond motifs is 1. The Morgan fingerprint density at radius 3 is 2.68 bits per heavy atom. The highest BCUT2D eigenvalue weighted by atomic mass is 16.3. The number of nitrogens with two attached hydrogens (primary N) is 1. The van der Waals surface area contributed by atoms with Crippen molar-refractivity contribution in [1.29, 1.82) is 0 Å². The van der Waals surface area contributed by atoms with Crippen LogP contribution in [0, 0.1) is 5.92 Å². The molecule has 1 aliphatic carbocycles. The van der Waals surface area contributed by atoms with Crippen molar-refractivity contribution >= 4 is 5.91 Å². The molecule has 3 N–H and O–H groups in total. The molecule has 0 aromatic heterocycles. The average molecular weight is 260 g/mol. The van der Waals surface area contributed by atoms with Crippen LogP contribution in [0.3, 0.4) is 0 Å². The van der Waals surface area contributed by atoms with Crippen LogP contribution in [0.2, 0.25) is 0 Å². The number of benzene rings is 1. The van der Waals surface area contributed by atoms with Gasteiger partial charge in [0.1, 0.15) is 0 Å². The number of rotatable bonds is 1. The number of carbonyl (C=O) groups excluding carboxylic acids is 1. The number of hydrogen-bond donors (Lipinski definition) is 2. The summed E-state index contributed by atoms with van der Waals surface area (Å²) in [6, 6.07) is 8.03. The van der Waals surface area contributed by atoms with Crippen molar-refractivity contribution in [2.24, 2.45) is 11.7 Å². The fourth-order valence-electron chi connectivity index (χ4n) is 3.19. The molecule has 0 radical (unpaired) electrons. The largest absolute Gasteiger partial charge is 0.391 e. The molecular weight excluding hydrogens is 240 g/mol. The third-order valence-electron chi connectivity index (χ3n) is 4.37. The van der Waals surface area contributed by atoms with Gasteiger partial charge in [-0.2, -0.15) is 0 Å². The second kappa shape index (κ2) is 4.94. The Morgan fingerprint density at radius 1 is 1.26 bits per heavy atom. The quantitative estimate of drug-likeness (QED) is 0.780.